The van der Waals surface area contributed by atoms with Gasteiger partial charge in [0.05, 0.1) is 23.8 Å². The maximum atomic E-state index is 12.9. The van der Waals surface area contributed by atoms with Gasteiger partial charge in [0.2, 0.25) is 0 Å². The summed E-state index contributed by atoms with van der Waals surface area (Å²) in [4.78, 5) is 25.6. The minimum absolute atomic E-state index is 0.156. The average molecular weight is 477 g/mol. The number of halogens is 1. The van der Waals surface area contributed by atoms with E-state index >= 15 is 0 Å². The molecule has 174 valence electrons. The van der Waals surface area contributed by atoms with Gasteiger partial charge in [-0.1, -0.05) is 54.9 Å². The minimum atomic E-state index is -0.490. The molecule has 0 unspecified atom stereocenters. The molecule has 0 spiro atoms. The molecule has 9 heteroatoms. The van der Waals surface area contributed by atoms with Crippen molar-refractivity contribution in [1.29, 1.82) is 0 Å². The number of amides is 1. The Morgan fingerprint density at radius 2 is 1.76 bits per heavy atom. The van der Waals surface area contributed by atoms with Gasteiger partial charge in [0.25, 0.3) is 11.5 Å². The monoisotopic (exact) mass is 476 g/mol. The highest BCUT2D eigenvalue weighted by Gasteiger charge is 2.16. The number of carbonyl (C=O) groups is 1. The summed E-state index contributed by atoms with van der Waals surface area (Å²) in [6.45, 7) is 6.73. The largest absolute Gasteiger partial charge is 0.292 e. The van der Waals surface area contributed by atoms with Gasteiger partial charge in [0.15, 0.2) is 5.69 Å². The number of aromatic nitrogens is 4. The molecule has 0 fully saturated rings. The van der Waals surface area contributed by atoms with Crippen molar-refractivity contribution in [2.45, 2.75) is 40.3 Å². The summed E-state index contributed by atoms with van der Waals surface area (Å²) in [6, 6.07) is 14.6. The van der Waals surface area contributed by atoms with Gasteiger partial charge in [-0.05, 0) is 38.0 Å². The second-order valence-corrected chi connectivity index (χ2v) is 8.36. The molecule has 0 saturated heterocycles. The fourth-order valence-electron chi connectivity index (χ4n) is 3.81. The Bertz CT molecular complexity index is 1450. The Hall–Kier alpha value is -3.78. The number of nitrogens with zero attached hydrogens (tertiary/aromatic N) is 5. The van der Waals surface area contributed by atoms with Crippen molar-refractivity contribution >= 4 is 34.5 Å². The number of hydrogen-bond donors (Lipinski definition) is 1. The van der Waals surface area contributed by atoms with Crippen molar-refractivity contribution in [3.63, 3.8) is 0 Å². The second-order valence-electron chi connectivity index (χ2n) is 7.96. The van der Waals surface area contributed by atoms with Crippen LogP contribution < -0.4 is 11.0 Å². The number of aryl methyl sites for hydroxylation is 2. The molecule has 34 heavy (non-hydrogen) atoms. The molecule has 0 aliphatic carbocycles. The maximum Gasteiger partial charge on any atom is 0.292 e. The van der Waals surface area contributed by atoms with E-state index in [9.17, 15) is 9.59 Å². The molecule has 4 rings (SSSR count). The molecule has 0 atom stereocenters. The van der Waals surface area contributed by atoms with Crippen LogP contribution >= 0.6 is 11.6 Å². The number of nitrogens with one attached hydrogen (secondary N) is 1. The first-order valence-electron chi connectivity index (χ1n) is 11.0. The van der Waals surface area contributed by atoms with Gasteiger partial charge in [-0.3, -0.25) is 14.3 Å². The van der Waals surface area contributed by atoms with Crippen molar-refractivity contribution in [3.8, 4) is 0 Å². The third kappa shape index (κ3) is 4.63. The van der Waals surface area contributed by atoms with Crippen LogP contribution in [-0.2, 0) is 13.1 Å². The molecular weight excluding hydrogens is 452 g/mol. The molecular formula is C25H25ClN6O2. The zero-order valence-electron chi connectivity index (χ0n) is 19.2. The normalized spacial score (nSPS) is 11.4. The van der Waals surface area contributed by atoms with Crippen LogP contribution in [0.5, 0.6) is 0 Å². The Balaban J connectivity index is 1.58. The topological polar surface area (TPSA) is 94.2 Å². The van der Waals surface area contributed by atoms with Crippen molar-refractivity contribution in [1.82, 2.24) is 25.0 Å². The van der Waals surface area contributed by atoms with Crippen molar-refractivity contribution in [3.05, 3.63) is 92.1 Å². The predicted octanol–water partition coefficient (Wildman–Crippen LogP) is 4.09. The Morgan fingerprint density at radius 3 is 2.50 bits per heavy atom. The van der Waals surface area contributed by atoms with E-state index in [2.05, 4.69) is 20.7 Å². The lowest BCUT2D eigenvalue weighted by molar-refractivity contribution is 0.0949. The number of fused-ring (bicyclic) bond motifs is 1. The van der Waals surface area contributed by atoms with E-state index in [0.717, 1.165) is 28.9 Å². The summed E-state index contributed by atoms with van der Waals surface area (Å²) < 4.78 is 3.18. The highest BCUT2D eigenvalue weighted by Crippen LogP contribution is 2.19. The number of hydrogen-bond acceptors (Lipinski definition) is 5. The SMILES string of the molecule is CCCn1nc(C(=O)N/N=C/c2c(C)nn(Cc3ccccc3Cl)c2C)c2ccccc2c1=O. The van der Waals surface area contributed by atoms with Gasteiger partial charge in [0.1, 0.15) is 0 Å². The van der Waals surface area contributed by atoms with E-state index < -0.39 is 5.91 Å². The summed E-state index contributed by atoms with van der Waals surface area (Å²) in [5, 5.41) is 14.7. The van der Waals surface area contributed by atoms with Gasteiger partial charge < -0.3 is 0 Å². The first-order valence-corrected chi connectivity index (χ1v) is 11.4. The van der Waals surface area contributed by atoms with E-state index in [0.29, 0.717) is 28.9 Å². The summed E-state index contributed by atoms with van der Waals surface area (Å²) in [5.41, 5.74) is 5.94. The van der Waals surface area contributed by atoms with E-state index in [1.165, 1.54) is 4.68 Å². The predicted molar refractivity (Wildman–Crippen MR) is 134 cm³/mol. The molecule has 0 radical (unpaired) electrons. The summed E-state index contributed by atoms with van der Waals surface area (Å²) in [7, 11) is 0. The van der Waals surface area contributed by atoms with Crippen molar-refractivity contribution in [2.24, 2.45) is 5.10 Å². The molecule has 2 aromatic carbocycles. The summed E-state index contributed by atoms with van der Waals surface area (Å²) >= 11 is 6.29. The third-order valence-electron chi connectivity index (χ3n) is 5.59. The van der Waals surface area contributed by atoms with Gasteiger partial charge in [0, 0.05) is 28.2 Å². The van der Waals surface area contributed by atoms with Crippen molar-refractivity contribution < 1.29 is 4.79 Å². The number of benzene rings is 2. The first kappa shape index (κ1) is 23.4. The highest BCUT2D eigenvalue weighted by molar-refractivity contribution is 6.31. The molecule has 2 aromatic heterocycles. The van der Waals surface area contributed by atoms with E-state index in [-0.39, 0.29) is 11.3 Å². The van der Waals surface area contributed by atoms with E-state index in [4.69, 9.17) is 11.6 Å². The first-order chi connectivity index (χ1) is 16.4. The quantitative estimate of drug-likeness (QED) is 0.321. The Kier molecular flexibility index (Phi) is 6.88. The maximum absolute atomic E-state index is 12.9. The summed E-state index contributed by atoms with van der Waals surface area (Å²) in [5.74, 6) is -0.490. The van der Waals surface area contributed by atoms with Gasteiger partial charge in [-0.15, -0.1) is 0 Å². The Labute approximate surface area is 201 Å². The van der Waals surface area contributed by atoms with Crippen LogP contribution in [0.3, 0.4) is 0 Å². The van der Waals surface area contributed by atoms with Crippen LogP contribution in [0.4, 0.5) is 0 Å². The second kappa shape index (κ2) is 10.0. The standard InChI is InChI=1S/C25H25ClN6O2/c1-4-13-31-25(34)20-11-7-6-10-19(20)23(30-31)24(33)28-27-14-21-16(2)29-32(17(21)3)15-18-9-5-8-12-22(18)26/h5-12,14H,4,13,15H2,1-3H3,(H,28,33)/b27-14+. The number of hydrazone groups is 1. The molecule has 8 nitrogen and oxygen atoms in total. The lowest BCUT2D eigenvalue weighted by Crippen LogP contribution is -2.29. The molecule has 1 N–H and O–H groups in total. The number of rotatable bonds is 7. The number of carbonyl (C=O) groups excluding carboxylic acids is 1. The molecule has 1 amide bonds. The molecule has 4 aromatic rings. The van der Waals surface area contributed by atoms with Gasteiger partial charge in [-0.25, -0.2) is 10.1 Å². The lowest BCUT2D eigenvalue weighted by Gasteiger charge is -2.09. The van der Waals surface area contributed by atoms with Crippen LogP contribution in [0.15, 0.2) is 58.4 Å². The highest BCUT2D eigenvalue weighted by atomic mass is 35.5. The zero-order valence-corrected chi connectivity index (χ0v) is 20.0. The van der Waals surface area contributed by atoms with Gasteiger partial charge in [-0.2, -0.15) is 15.3 Å². The zero-order chi connectivity index (χ0) is 24.2. The molecule has 0 aliphatic rings. The van der Waals surface area contributed by atoms with Crippen LogP contribution in [0.25, 0.3) is 10.8 Å². The third-order valence-corrected chi connectivity index (χ3v) is 5.96. The smallest absolute Gasteiger partial charge is 0.267 e. The molecule has 0 aliphatic heterocycles. The van der Waals surface area contributed by atoms with Crippen LogP contribution in [0.1, 0.15) is 46.3 Å². The lowest BCUT2D eigenvalue weighted by atomic mass is 10.1. The fraction of sp³-hybridized carbons (Fsp3) is 0.240. The average Bonchev–Trinajstić information content (AvgIpc) is 3.09. The molecule has 0 saturated carbocycles. The fourth-order valence-corrected chi connectivity index (χ4v) is 4.01. The van der Waals surface area contributed by atoms with E-state index in [1.807, 2.05) is 49.7 Å². The minimum Gasteiger partial charge on any atom is -0.267 e. The van der Waals surface area contributed by atoms with E-state index in [1.54, 1.807) is 30.5 Å². The summed E-state index contributed by atoms with van der Waals surface area (Å²) in [6.07, 6.45) is 2.30. The van der Waals surface area contributed by atoms with Crippen molar-refractivity contribution in [2.75, 3.05) is 0 Å². The van der Waals surface area contributed by atoms with Crippen LogP contribution in [-0.4, -0.2) is 31.7 Å². The van der Waals surface area contributed by atoms with Gasteiger partial charge >= 0.3 is 0 Å². The van der Waals surface area contributed by atoms with Crippen LogP contribution in [0, 0.1) is 13.8 Å². The molecule has 2 heterocycles. The molecule has 0 bridgehead atoms. The Morgan fingerprint density at radius 1 is 1.06 bits per heavy atom. The van der Waals surface area contributed by atoms with Crippen LogP contribution in [0.2, 0.25) is 5.02 Å².